The lowest BCUT2D eigenvalue weighted by molar-refractivity contribution is -0.193. The number of rotatable bonds is 6. The molecule has 38 heavy (non-hydrogen) atoms. The van der Waals surface area contributed by atoms with E-state index in [0.29, 0.717) is 6.04 Å². The van der Waals surface area contributed by atoms with Crippen molar-refractivity contribution in [1.82, 2.24) is 15.1 Å². The smallest absolute Gasteiger partial charge is 0.475 e. The van der Waals surface area contributed by atoms with E-state index in [4.69, 9.17) is 29.0 Å². The van der Waals surface area contributed by atoms with Gasteiger partial charge in [-0.1, -0.05) is 0 Å². The maximum Gasteiger partial charge on any atom is 0.490 e. The predicted octanol–water partition coefficient (Wildman–Crippen LogP) is 2.49. The fourth-order valence-corrected chi connectivity index (χ4v) is 4.27. The molecule has 0 saturated carbocycles. The van der Waals surface area contributed by atoms with E-state index in [9.17, 15) is 31.1 Å². The Labute approximate surface area is 213 Å². The second-order valence-electron chi connectivity index (χ2n) is 8.80. The van der Waals surface area contributed by atoms with Gasteiger partial charge >= 0.3 is 24.3 Å². The summed E-state index contributed by atoms with van der Waals surface area (Å²) in [5, 5.41) is 17.3. The Morgan fingerprint density at radius 2 is 1.58 bits per heavy atom. The van der Waals surface area contributed by atoms with Crippen molar-refractivity contribution < 1.29 is 60.1 Å². The average Bonchev–Trinajstić information content (AvgIpc) is 3.61. The lowest BCUT2D eigenvalue weighted by Crippen LogP contribution is -2.40. The van der Waals surface area contributed by atoms with Gasteiger partial charge in [0.25, 0.3) is 0 Å². The van der Waals surface area contributed by atoms with Crippen molar-refractivity contribution in [3.63, 3.8) is 0 Å². The number of hydrogen-bond donors (Lipinski definition) is 3. The molecule has 0 aliphatic carbocycles. The summed E-state index contributed by atoms with van der Waals surface area (Å²) in [6.45, 7) is 5.94. The number of nitrogens with one attached hydrogen (secondary N) is 1. The fourth-order valence-electron chi connectivity index (χ4n) is 4.27. The fraction of sp³-hybridized carbons (Fsp3) is 0.682. The van der Waals surface area contributed by atoms with E-state index in [0.717, 1.165) is 39.0 Å². The van der Waals surface area contributed by atoms with Crippen molar-refractivity contribution in [1.29, 1.82) is 0 Å². The minimum absolute atomic E-state index is 0.0619. The minimum Gasteiger partial charge on any atom is -0.475 e. The number of nitrogens with zero attached hydrogens (tertiary/aromatic N) is 2. The van der Waals surface area contributed by atoms with Gasteiger partial charge in [0.15, 0.2) is 0 Å². The van der Waals surface area contributed by atoms with Crippen LogP contribution in [-0.4, -0.2) is 101 Å². The highest BCUT2D eigenvalue weighted by Gasteiger charge is 2.45. The molecule has 3 saturated heterocycles. The zero-order chi connectivity index (χ0) is 28.5. The first-order chi connectivity index (χ1) is 17.7. The van der Waals surface area contributed by atoms with Gasteiger partial charge in [-0.25, -0.2) is 9.59 Å². The normalized spacial score (nSPS) is 23.6. The Kier molecular flexibility index (Phi) is 11.4. The Hall–Kier alpha value is -2.85. The zero-order valence-electron chi connectivity index (χ0n) is 20.1. The molecular weight excluding hydrogens is 532 g/mol. The molecule has 216 valence electrons. The van der Waals surface area contributed by atoms with Gasteiger partial charge in [0.05, 0.1) is 18.6 Å². The van der Waals surface area contributed by atoms with E-state index >= 15 is 0 Å². The van der Waals surface area contributed by atoms with Crippen molar-refractivity contribution in [3.8, 4) is 0 Å². The minimum atomic E-state index is -5.08. The van der Waals surface area contributed by atoms with Crippen LogP contribution >= 0.6 is 0 Å². The van der Waals surface area contributed by atoms with Gasteiger partial charge in [-0.2, -0.15) is 26.3 Å². The van der Waals surface area contributed by atoms with Crippen LogP contribution in [0.1, 0.15) is 31.2 Å². The van der Waals surface area contributed by atoms with E-state index in [1.807, 2.05) is 6.07 Å². The maximum atomic E-state index is 12.4. The Morgan fingerprint density at radius 3 is 2.08 bits per heavy atom. The van der Waals surface area contributed by atoms with Gasteiger partial charge in [0.2, 0.25) is 5.91 Å². The van der Waals surface area contributed by atoms with Crippen molar-refractivity contribution in [2.45, 2.75) is 62.8 Å². The van der Waals surface area contributed by atoms with Crippen molar-refractivity contribution in [2.24, 2.45) is 0 Å². The third-order valence-electron chi connectivity index (χ3n) is 6.06. The number of amides is 1. The summed E-state index contributed by atoms with van der Waals surface area (Å²) < 4.78 is 74.7. The zero-order valence-corrected chi connectivity index (χ0v) is 20.1. The number of alkyl halides is 6. The highest BCUT2D eigenvalue weighted by Crippen LogP contribution is 2.34. The molecule has 0 aromatic carbocycles. The van der Waals surface area contributed by atoms with Crippen molar-refractivity contribution >= 4 is 17.8 Å². The topological polar surface area (TPSA) is 133 Å². The van der Waals surface area contributed by atoms with Crippen LogP contribution in [0.2, 0.25) is 0 Å². The number of furan rings is 1. The van der Waals surface area contributed by atoms with Gasteiger partial charge in [-0.05, 0) is 38.4 Å². The molecule has 1 aromatic heterocycles. The third kappa shape index (κ3) is 10.1. The Bertz CT molecular complexity index is 880. The average molecular weight is 561 g/mol. The quantitative estimate of drug-likeness (QED) is 0.448. The molecule has 1 aromatic rings. The number of halogens is 6. The molecule has 0 unspecified atom stereocenters. The molecule has 3 aliphatic heterocycles. The Morgan fingerprint density at radius 1 is 1.00 bits per heavy atom. The predicted molar refractivity (Wildman–Crippen MR) is 117 cm³/mol. The molecule has 3 N–H and O–H groups in total. The largest absolute Gasteiger partial charge is 0.490 e. The first-order valence-corrected chi connectivity index (χ1v) is 11.7. The number of carboxylic acid groups (broad SMARTS) is 2. The number of likely N-dealkylation sites (tertiary alicyclic amines) is 2. The van der Waals surface area contributed by atoms with Crippen LogP contribution in [0.3, 0.4) is 0 Å². The summed E-state index contributed by atoms with van der Waals surface area (Å²) in [7, 11) is 0. The van der Waals surface area contributed by atoms with Crippen LogP contribution in [0.25, 0.3) is 0 Å². The molecule has 0 bridgehead atoms. The summed E-state index contributed by atoms with van der Waals surface area (Å²) in [5.74, 6) is -5.45. The highest BCUT2D eigenvalue weighted by atomic mass is 19.4. The summed E-state index contributed by atoms with van der Waals surface area (Å²) >= 11 is 0. The van der Waals surface area contributed by atoms with Crippen LogP contribution in [0.4, 0.5) is 26.3 Å². The molecule has 4 rings (SSSR count). The van der Waals surface area contributed by atoms with Crippen molar-refractivity contribution in [3.05, 3.63) is 24.2 Å². The lowest BCUT2D eigenvalue weighted by atomic mass is 10.1. The van der Waals surface area contributed by atoms with E-state index in [2.05, 4.69) is 15.1 Å². The first kappa shape index (κ1) is 31.4. The number of aliphatic carboxylic acids is 2. The molecule has 1 amide bonds. The van der Waals surface area contributed by atoms with E-state index < -0.39 is 24.3 Å². The van der Waals surface area contributed by atoms with Crippen LogP contribution in [0.5, 0.6) is 0 Å². The highest BCUT2D eigenvalue weighted by molar-refractivity contribution is 5.81. The van der Waals surface area contributed by atoms with Gasteiger partial charge in [-0.3, -0.25) is 9.69 Å². The standard InChI is InChI=1S/C18H27N3O3.2C2HF3O2/c22-18(19-5-9-20-6-1-2-7-20)17-11-15-16(24-17)3-8-21(15)12-14-4-10-23-13-14;2*3-2(4,5)1(6)7/h4,10,13,15-17H,1-3,5-9,11-12H2,(H,19,22);2*(H,6,7)/t15-,16-,17+;;/m0../s1. The third-order valence-corrected chi connectivity index (χ3v) is 6.06. The van der Waals surface area contributed by atoms with E-state index in [-0.39, 0.29) is 18.1 Å². The van der Waals surface area contributed by atoms with Crippen LogP contribution < -0.4 is 5.32 Å². The molecule has 10 nitrogen and oxygen atoms in total. The van der Waals surface area contributed by atoms with Gasteiger partial charge in [0.1, 0.15) is 6.10 Å². The van der Waals surface area contributed by atoms with Crippen LogP contribution in [-0.2, 0) is 25.7 Å². The number of carboxylic acids is 2. The second kappa shape index (κ2) is 13.8. The number of fused-ring (bicyclic) bond motifs is 1. The summed E-state index contributed by atoms with van der Waals surface area (Å²) in [4.78, 5) is 35.0. The monoisotopic (exact) mass is 561 g/mol. The van der Waals surface area contributed by atoms with Gasteiger partial charge < -0.3 is 29.6 Å². The lowest BCUT2D eigenvalue weighted by Gasteiger charge is -2.21. The van der Waals surface area contributed by atoms with Crippen LogP contribution in [0, 0.1) is 0 Å². The number of ether oxygens (including phenoxy) is 1. The van der Waals surface area contributed by atoms with Gasteiger partial charge in [-0.15, -0.1) is 0 Å². The molecule has 16 heteroatoms. The van der Waals surface area contributed by atoms with Crippen LogP contribution in [0.15, 0.2) is 23.0 Å². The number of carbonyl (C=O) groups is 3. The number of carbonyl (C=O) groups excluding carboxylic acids is 1. The van der Waals surface area contributed by atoms with Gasteiger partial charge in [0, 0.05) is 44.2 Å². The maximum absolute atomic E-state index is 12.4. The van der Waals surface area contributed by atoms with E-state index in [1.165, 1.54) is 31.5 Å². The molecule has 3 atom stereocenters. The Balaban J connectivity index is 0.000000301. The SMILES string of the molecule is O=C(NCCN1CCCC1)[C@H]1C[C@H]2[C@H](CCN2Cc2ccoc2)O1.O=C(O)C(F)(F)F.O=C(O)C(F)(F)F. The molecule has 0 radical (unpaired) electrons. The second-order valence-corrected chi connectivity index (χ2v) is 8.80. The van der Waals surface area contributed by atoms with E-state index in [1.54, 1.807) is 12.5 Å². The first-order valence-electron chi connectivity index (χ1n) is 11.7. The molecule has 3 fully saturated rings. The molecular formula is C22H29F6N3O7. The van der Waals surface area contributed by atoms with Crippen molar-refractivity contribution in [2.75, 3.05) is 32.7 Å². The molecule has 3 aliphatic rings. The number of hydrogen-bond acceptors (Lipinski definition) is 7. The molecule has 0 spiro atoms. The summed E-state index contributed by atoms with van der Waals surface area (Å²) in [6.07, 6.45) is -2.35. The summed E-state index contributed by atoms with van der Waals surface area (Å²) in [5.41, 5.74) is 1.19. The molecule has 4 heterocycles. The summed E-state index contributed by atoms with van der Waals surface area (Å²) in [6, 6.07) is 2.36.